The molecule has 0 radical (unpaired) electrons. The molecule has 2 unspecified atom stereocenters. The van der Waals surface area contributed by atoms with Crippen LogP contribution in [0.1, 0.15) is 61.3 Å². The largest absolute Gasteiger partial charge is 0.387 e. The highest BCUT2D eigenvalue weighted by atomic mass is 79.9. The molecule has 0 amide bonds. The standard InChI is InChI=1S/C22H30BrN5O2S/c1-13(2)26-21(15(11-29)17-4-5-18(23)31-17)27-6-8-28(9-7-27)22-19-14(3)10-16(30)20(19)24-12-25-22/h4-5,11-16,21,26,30H,6-10H2,1-3H3/t14-,15?,16-,21?/m1/s1. The van der Waals surface area contributed by atoms with Crippen molar-refractivity contribution in [1.29, 1.82) is 0 Å². The molecule has 1 saturated heterocycles. The number of carbonyl (C=O) groups is 1. The minimum absolute atomic E-state index is 0.0536. The minimum Gasteiger partial charge on any atom is -0.387 e. The van der Waals surface area contributed by atoms with Gasteiger partial charge in [0.15, 0.2) is 0 Å². The van der Waals surface area contributed by atoms with E-state index >= 15 is 0 Å². The lowest BCUT2D eigenvalue weighted by molar-refractivity contribution is -0.110. The Morgan fingerprint density at radius 2 is 2.00 bits per heavy atom. The van der Waals surface area contributed by atoms with E-state index in [1.807, 2.05) is 12.1 Å². The van der Waals surface area contributed by atoms with E-state index in [1.54, 1.807) is 17.7 Å². The highest BCUT2D eigenvalue weighted by Gasteiger charge is 2.36. The summed E-state index contributed by atoms with van der Waals surface area (Å²) in [5, 5.41) is 13.9. The Labute approximate surface area is 196 Å². The molecule has 2 aromatic rings. The summed E-state index contributed by atoms with van der Waals surface area (Å²) in [6.07, 6.45) is 2.81. The Balaban J connectivity index is 1.52. The van der Waals surface area contributed by atoms with Gasteiger partial charge in [-0.2, -0.15) is 0 Å². The topological polar surface area (TPSA) is 81.6 Å². The number of aliphatic hydroxyl groups is 1. The molecule has 2 aromatic heterocycles. The number of piperazine rings is 1. The van der Waals surface area contributed by atoms with Crippen molar-refractivity contribution in [1.82, 2.24) is 20.2 Å². The van der Waals surface area contributed by atoms with Crippen LogP contribution in [0, 0.1) is 0 Å². The number of halogens is 1. The predicted molar refractivity (Wildman–Crippen MR) is 127 cm³/mol. The monoisotopic (exact) mass is 507 g/mol. The summed E-state index contributed by atoms with van der Waals surface area (Å²) in [7, 11) is 0. The smallest absolute Gasteiger partial charge is 0.135 e. The summed E-state index contributed by atoms with van der Waals surface area (Å²) in [5.74, 6) is 0.992. The molecule has 0 spiro atoms. The number of nitrogens with one attached hydrogen (secondary N) is 1. The van der Waals surface area contributed by atoms with Crippen LogP contribution in [0.15, 0.2) is 22.2 Å². The minimum atomic E-state index is -0.494. The number of nitrogens with zero attached hydrogens (tertiary/aromatic N) is 4. The van der Waals surface area contributed by atoms with Crippen LogP contribution in [0.4, 0.5) is 5.82 Å². The van der Waals surface area contributed by atoms with E-state index in [-0.39, 0.29) is 24.0 Å². The van der Waals surface area contributed by atoms with Gasteiger partial charge in [-0.15, -0.1) is 11.3 Å². The molecule has 1 aliphatic heterocycles. The van der Waals surface area contributed by atoms with Gasteiger partial charge in [-0.3, -0.25) is 10.2 Å². The first-order chi connectivity index (χ1) is 14.9. The molecule has 7 nitrogen and oxygen atoms in total. The summed E-state index contributed by atoms with van der Waals surface area (Å²) < 4.78 is 1.04. The first kappa shape index (κ1) is 22.8. The van der Waals surface area contributed by atoms with Gasteiger partial charge in [0, 0.05) is 42.7 Å². The van der Waals surface area contributed by atoms with Crippen molar-refractivity contribution >= 4 is 39.4 Å². The maximum absolute atomic E-state index is 12.1. The van der Waals surface area contributed by atoms with Gasteiger partial charge in [0.25, 0.3) is 0 Å². The molecular formula is C22H30BrN5O2S. The Morgan fingerprint density at radius 1 is 1.26 bits per heavy atom. The average Bonchev–Trinajstić information content (AvgIpc) is 3.30. The number of hydrogen-bond donors (Lipinski definition) is 2. The summed E-state index contributed by atoms with van der Waals surface area (Å²) >= 11 is 5.14. The first-order valence-corrected chi connectivity index (χ1v) is 12.5. The molecule has 4 rings (SSSR count). The molecule has 0 bridgehead atoms. The number of aliphatic hydroxyl groups excluding tert-OH is 1. The Hall–Kier alpha value is -1.39. The maximum atomic E-state index is 12.1. The van der Waals surface area contributed by atoms with Crippen LogP contribution in [0.3, 0.4) is 0 Å². The number of thiophene rings is 1. The number of fused-ring (bicyclic) bond motifs is 1. The molecule has 0 aromatic carbocycles. The van der Waals surface area contributed by atoms with Gasteiger partial charge in [-0.1, -0.05) is 6.92 Å². The highest BCUT2D eigenvalue weighted by molar-refractivity contribution is 9.11. The third-order valence-corrected chi connectivity index (χ3v) is 7.92. The lowest BCUT2D eigenvalue weighted by Gasteiger charge is -2.42. The quantitative estimate of drug-likeness (QED) is 0.556. The summed E-state index contributed by atoms with van der Waals surface area (Å²) in [5.41, 5.74) is 1.87. The lowest BCUT2D eigenvalue weighted by atomic mass is 10.0. The van der Waals surface area contributed by atoms with E-state index in [0.29, 0.717) is 6.42 Å². The van der Waals surface area contributed by atoms with Gasteiger partial charge >= 0.3 is 0 Å². The van der Waals surface area contributed by atoms with Crippen molar-refractivity contribution in [3.05, 3.63) is 38.4 Å². The molecule has 9 heteroatoms. The fourth-order valence-corrected chi connectivity index (χ4v) is 6.26. The average molecular weight is 508 g/mol. The van der Waals surface area contributed by atoms with Gasteiger partial charge in [-0.25, -0.2) is 9.97 Å². The van der Waals surface area contributed by atoms with Crippen LogP contribution in [0.25, 0.3) is 0 Å². The van der Waals surface area contributed by atoms with Crippen molar-refractivity contribution in [2.24, 2.45) is 0 Å². The number of anilines is 1. The van der Waals surface area contributed by atoms with E-state index in [2.05, 4.69) is 61.8 Å². The first-order valence-electron chi connectivity index (χ1n) is 10.9. The zero-order valence-corrected chi connectivity index (χ0v) is 20.6. The van der Waals surface area contributed by atoms with Crippen molar-refractivity contribution in [2.75, 3.05) is 31.1 Å². The predicted octanol–water partition coefficient (Wildman–Crippen LogP) is 3.27. The molecule has 4 atom stereocenters. The lowest BCUT2D eigenvalue weighted by Crippen LogP contribution is -2.58. The zero-order valence-electron chi connectivity index (χ0n) is 18.2. The normalized spacial score (nSPS) is 23.7. The van der Waals surface area contributed by atoms with Crippen molar-refractivity contribution < 1.29 is 9.90 Å². The van der Waals surface area contributed by atoms with Crippen LogP contribution in [-0.2, 0) is 4.79 Å². The number of aldehydes is 1. The summed E-state index contributed by atoms with van der Waals surface area (Å²) in [4.78, 5) is 26.8. The van der Waals surface area contributed by atoms with Gasteiger partial charge in [0.2, 0.25) is 0 Å². The van der Waals surface area contributed by atoms with E-state index in [1.165, 1.54) is 0 Å². The fraction of sp³-hybridized carbons (Fsp3) is 0.591. The Morgan fingerprint density at radius 3 is 2.61 bits per heavy atom. The molecule has 0 saturated carbocycles. The van der Waals surface area contributed by atoms with Crippen molar-refractivity contribution in [3.8, 4) is 0 Å². The number of aromatic nitrogens is 2. The van der Waals surface area contributed by atoms with Crippen LogP contribution >= 0.6 is 27.3 Å². The van der Waals surface area contributed by atoms with Gasteiger partial charge in [0.1, 0.15) is 18.4 Å². The second kappa shape index (κ2) is 9.62. The Bertz CT molecular complexity index is 915. The molecule has 31 heavy (non-hydrogen) atoms. The zero-order chi connectivity index (χ0) is 22.1. The van der Waals surface area contributed by atoms with E-state index in [4.69, 9.17) is 0 Å². The van der Waals surface area contributed by atoms with Crippen LogP contribution in [0.2, 0.25) is 0 Å². The van der Waals surface area contributed by atoms with Crippen molar-refractivity contribution in [3.63, 3.8) is 0 Å². The van der Waals surface area contributed by atoms with E-state index < -0.39 is 6.10 Å². The number of rotatable bonds is 7. The maximum Gasteiger partial charge on any atom is 0.135 e. The summed E-state index contributed by atoms with van der Waals surface area (Å²) in [6, 6.07) is 4.31. The second-order valence-electron chi connectivity index (χ2n) is 8.74. The van der Waals surface area contributed by atoms with Crippen LogP contribution in [0.5, 0.6) is 0 Å². The second-order valence-corrected chi connectivity index (χ2v) is 11.2. The van der Waals surface area contributed by atoms with Crippen molar-refractivity contribution in [2.45, 2.75) is 57.3 Å². The molecule has 1 aliphatic carbocycles. The fourth-order valence-electron chi connectivity index (χ4n) is 4.75. The van der Waals surface area contributed by atoms with E-state index in [9.17, 15) is 9.90 Å². The summed E-state index contributed by atoms with van der Waals surface area (Å²) in [6.45, 7) is 9.67. The molecule has 1 fully saturated rings. The molecule has 3 heterocycles. The molecule has 2 N–H and O–H groups in total. The van der Waals surface area contributed by atoms with E-state index in [0.717, 1.165) is 58.2 Å². The Kier molecular flexibility index (Phi) is 7.07. The van der Waals surface area contributed by atoms with Crippen LogP contribution in [-0.4, -0.2) is 64.6 Å². The van der Waals surface area contributed by atoms with Gasteiger partial charge < -0.3 is 14.8 Å². The molecular weight excluding hydrogens is 478 g/mol. The third-order valence-electron chi connectivity index (χ3n) is 6.20. The van der Waals surface area contributed by atoms with Gasteiger partial charge in [-0.05, 0) is 54.2 Å². The molecule has 168 valence electrons. The SMILES string of the molecule is CC(C)NC(C(C=O)c1ccc(Br)s1)N1CCN(c2ncnc3c2[C@H](C)C[C@H]3O)CC1. The number of hydrogen-bond acceptors (Lipinski definition) is 8. The highest BCUT2D eigenvalue weighted by Crippen LogP contribution is 2.43. The third kappa shape index (κ3) is 4.71. The molecule has 2 aliphatic rings. The van der Waals surface area contributed by atoms with Crippen LogP contribution < -0.4 is 10.2 Å². The number of carbonyl (C=O) groups excluding carboxylic acids is 1. The van der Waals surface area contributed by atoms with Gasteiger partial charge in [0.05, 0.1) is 27.7 Å².